The highest BCUT2D eigenvalue weighted by Gasteiger charge is 2.51. The molecule has 1 fully saturated rings. The molecule has 0 saturated heterocycles. The molecule has 5 rings (SSSR count). The van der Waals surface area contributed by atoms with Crippen molar-refractivity contribution in [1.29, 1.82) is 0 Å². The van der Waals surface area contributed by atoms with Gasteiger partial charge in [0.15, 0.2) is 23.0 Å². The Labute approximate surface area is 176 Å². The average molecular weight is 402 g/mol. The van der Waals surface area contributed by atoms with Crippen molar-refractivity contribution in [2.45, 2.75) is 51.0 Å². The monoisotopic (exact) mass is 402 g/mol. The van der Waals surface area contributed by atoms with E-state index in [9.17, 15) is 4.79 Å². The molecule has 2 aliphatic carbocycles. The summed E-state index contributed by atoms with van der Waals surface area (Å²) >= 11 is 0. The molecule has 2 aromatic heterocycles. The van der Waals surface area contributed by atoms with Crippen LogP contribution in [0, 0.1) is 0 Å². The van der Waals surface area contributed by atoms with Gasteiger partial charge in [-0.15, -0.1) is 5.10 Å². The van der Waals surface area contributed by atoms with E-state index < -0.39 is 0 Å². The van der Waals surface area contributed by atoms with Crippen molar-refractivity contribution >= 4 is 11.4 Å². The lowest BCUT2D eigenvalue weighted by atomic mass is 10.00. The van der Waals surface area contributed by atoms with E-state index in [1.165, 1.54) is 0 Å². The fraction of sp³-hybridized carbons (Fsp3) is 0.375. The van der Waals surface area contributed by atoms with Crippen LogP contribution in [0.4, 0.5) is 0 Å². The number of allylic oxidation sites excluding steroid dienone is 1. The average Bonchev–Trinajstić information content (AvgIpc) is 3.28. The Morgan fingerprint density at radius 1 is 1.20 bits per heavy atom. The number of hydrogen-bond acceptors (Lipinski definition) is 5. The highest BCUT2D eigenvalue weighted by atomic mass is 16.5. The normalized spacial score (nSPS) is 16.7. The zero-order valence-electron chi connectivity index (χ0n) is 17.7. The molecule has 0 atom stereocenters. The molecule has 0 unspecified atom stereocenters. The SMILES string of the molecule is C=C(NC(C)C)C1(c2nc3c(OC)ccc(-c4cccc5c4CCC5=O)n3n2)CC1. The van der Waals surface area contributed by atoms with E-state index in [4.69, 9.17) is 14.8 Å². The molecule has 1 saturated carbocycles. The molecule has 30 heavy (non-hydrogen) atoms. The van der Waals surface area contributed by atoms with Crippen molar-refractivity contribution in [1.82, 2.24) is 19.9 Å². The lowest BCUT2D eigenvalue weighted by Gasteiger charge is -2.19. The topological polar surface area (TPSA) is 68.5 Å². The Balaban J connectivity index is 1.68. The second kappa shape index (κ2) is 6.69. The Hall–Kier alpha value is -3.15. The third-order valence-corrected chi connectivity index (χ3v) is 6.24. The number of Topliss-reactive ketones (excluding diaryl/α,β-unsaturated/α-hetero) is 1. The Bertz CT molecular complexity index is 1190. The first-order chi connectivity index (χ1) is 14.4. The van der Waals surface area contributed by atoms with Crippen molar-refractivity contribution in [3.63, 3.8) is 0 Å². The van der Waals surface area contributed by atoms with Crippen LogP contribution in [0.25, 0.3) is 16.9 Å². The van der Waals surface area contributed by atoms with Crippen LogP contribution >= 0.6 is 0 Å². The maximum atomic E-state index is 12.2. The van der Waals surface area contributed by atoms with Gasteiger partial charge in [-0.3, -0.25) is 4.79 Å². The zero-order chi connectivity index (χ0) is 21.0. The number of nitrogens with zero attached hydrogens (tertiary/aromatic N) is 3. The van der Waals surface area contributed by atoms with Crippen molar-refractivity contribution in [2.24, 2.45) is 0 Å². The minimum atomic E-state index is -0.229. The lowest BCUT2D eigenvalue weighted by Crippen LogP contribution is -2.29. The first-order valence-electron chi connectivity index (χ1n) is 10.5. The Morgan fingerprint density at radius 2 is 1.97 bits per heavy atom. The lowest BCUT2D eigenvalue weighted by molar-refractivity contribution is 0.0994. The van der Waals surface area contributed by atoms with Gasteiger partial charge >= 0.3 is 0 Å². The van der Waals surface area contributed by atoms with Gasteiger partial charge in [0.1, 0.15) is 0 Å². The number of aromatic nitrogens is 3. The van der Waals surface area contributed by atoms with Crippen LogP contribution in [0.1, 0.15) is 54.9 Å². The van der Waals surface area contributed by atoms with Crippen LogP contribution in [0.5, 0.6) is 5.75 Å². The largest absolute Gasteiger partial charge is 0.493 e. The highest BCUT2D eigenvalue weighted by Crippen LogP contribution is 2.51. The number of ether oxygens (including phenoxy) is 1. The van der Waals surface area contributed by atoms with Crippen molar-refractivity contribution in [3.05, 3.63) is 59.6 Å². The van der Waals surface area contributed by atoms with Gasteiger partial charge < -0.3 is 10.1 Å². The summed E-state index contributed by atoms with van der Waals surface area (Å²) in [6.45, 7) is 8.50. The Morgan fingerprint density at radius 3 is 2.67 bits per heavy atom. The molecule has 0 bridgehead atoms. The Kier molecular flexibility index (Phi) is 4.20. The van der Waals surface area contributed by atoms with E-state index in [-0.39, 0.29) is 11.2 Å². The fourth-order valence-corrected chi connectivity index (χ4v) is 4.51. The van der Waals surface area contributed by atoms with E-state index >= 15 is 0 Å². The van der Waals surface area contributed by atoms with Gasteiger partial charge in [-0.2, -0.15) is 0 Å². The molecule has 0 aliphatic heterocycles. The van der Waals surface area contributed by atoms with Crippen LogP contribution in [0.2, 0.25) is 0 Å². The summed E-state index contributed by atoms with van der Waals surface area (Å²) in [5, 5.41) is 8.39. The van der Waals surface area contributed by atoms with Gasteiger partial charge in [0.05, 0.1) is 18.2 Å². The molecule has 6 heteroatoms. The van der Waals surface area contributed by atoms with Gasteiger partial charge in [0, 0.05) is 29.3 Å². The second-order valence-corrected chi connectivity index (χ2v) is 8.57. The molecular weight excluding hydrogens is 376 g/mol. The van der Waals surface area contributed by atoms with Crippen LogP contribution in [0.15, 0.2) is 42.6 Å². The van der Waals surface area contributed by atoms with Crippen molar-refractivity contribution < 1.29 is 9.53 Å². The molecule has 6 nitrogen and oxygen atoms in total. The zero-order valence-corrected chi connectivity index (χ0v) is 17.7. The molecule has 154 valence electrons. The number of fused-ring (bicyclic) bond motifs is 2. The molecule has 2 heterocycles. The smallest absolute Gasteiger partial charge is 0.198 e. The summed E-state index contributed by atoms with van der Waals surface area (Å²) in [5.41, 5.74) is 5.31. The van der Waals surface area contributed by atoms with Gasteiger partial charge in [-0.1, -0.05) is 24.8 Å². The number of hydrogen-bond donors (Lipinski definition) is 1. The van der Waals surface area contributed by atoms with Gasteiger partial charge in [-0.25, -0.2) is 9.50 Å². The molecule has 1 N–H and O–H groups in total. The number of carbonyl (C=O) groups excluding carboxylic acids is 1. The van der Waals surface area contributed by atoms with Crippen LogP contribution < -0.4 is 10.1 Å². The number of benzene rings is 1. The molecule has 0 amide bonds. The summed E-state index contributed by atoms with van der Waals surface area (Å²) in [5.74, 6) is 1.67. The van der Waals surface area contributed by atoms with Gasteiger partial charge in [0.2, 0.25) is 0 Å². The van der Waals surface area contributed by atoms with Crippen molar-refractivity contribution in [3.8, 4) is 17.0 Å². The van der Waals surface area contributed by atoms with Crippen molar-refractivity contribution in [2.75, 3.05) is 7.11 Å². The first kappa shape index (κ1) is 18.9. The van der Waals surface area contributed by atoms with E-state index in [1.54, 1.807) is 7.11 Å². The van der Waals surface area contributed by atoms with Crippen LogP contribution in [-0.4, -0.2) is 33.5 Å². The highest BCUT2D eigenvalue weighted by molar-refractivity contribution is 6.02. The predicted octanol–water partition coefficient (Wildman–Crippen LogP) is 4.08. The summed E-state index contributed by atoms with van der Waals surface area (Å²) in [4.78, 5) is 17.1. The quantitative estimate of drug-likeness (QED) is 0.673. The molecule has 2 aliphatic rings. The summed E-state index contributed by atoms with van der Waals surface area (Å²) in [7, 11) is 1.65. The van der Waals surface area contributed by atoms with E-state index in [0.717, 1.165) is 53.2 Å². The third-order valence-electron chi connectivity index (χ3n) is 6.24. The molecule has 3 aromatic rings. The maximum absolute atomic E-state index is 12.2. The standard InChI is InChI=1S/C24H26N4O2/c1-14(2)25-15(3)24(12-13-24)23-26-22-21(30-4)11-9-19(28(22)27-23)17-6-5-7-18-16(17)8-10-20(18)29/h5-7,9,11,14,25H,3,8,10,12-13H2,1-2,4H3. The number of rotatable bonds is 6. The summed E-state index contributed by atoms with van der Waals surface area (Å²) in [6, 6.07) is 10.2. The van der Waals surface area contributed by atoms with Gasteiger partial charge in [0.25, 0.3) is 0 Å². The number of carbonyl (C=O) groups is 1. The van der Waals surface area contributed by atoms with E-state index in [1.807, 2.05) is 28.8 Å². The fourth-order valence-electron chi connectivity index (χ4n) is 4.51. The first-order valence-corrected chi connectivity index (χ1v) is 10.5. The number of ketones is 1. The molecule has 1 aromatic carbocycles. The summed E-state index contributed by atoms with van der Waals surface area (Å²) < 4.78 is 7.45. The number of pyridine rings is 1. The van der Waals surface area contributed by atoms with E-state index in [0.29, 0.717) is 23.9 Å². The summed E-state index contributed by atoms with van der Waals surface area (Å²) in [6.07, 6.45) is 3.29. The molecule has 0 spiro atoms. The minimum absolute atomic E-state index is 0.212. The van der Waals surface area contributed by atoms with Gasteiger partial charge in [-0.05, 0) is 50.8 Å². The van der Waals surface area contributed by atoms with Crippen LogP contribution in [-0.2, 0) is 11.8 Å². The second-order valence-electron chi connectivity index (χ2n) is 8.57. The molecular formula is C24H26N4O2. The number of nitrogens with one attached hydrogen (secondary N) is 1. The number of methoxy groups -OCH3 is 1. The van der Waals surface area contributed by atoms with Crippen LogP contribution in [0.3, 0.4) is 0 Å². The predicted molar refractivity (Wildman–Crippen MR) is 116 cm³/mol. The third kappa shape index (κ3) is 2.74. The molecule has 0 radical (unpaired) electrons. The maximum Gasteiger partial charge on any atom is 0.198 e. The van der Waals surface area contributed by atoms with E-state index in [2.05, 4.69) is 31.8 Å². The minimum Gasteiger partial charge on any atom is -0.493 e.